The number of hydrogen-bond acceptors (Lipinski definition) is 3. The number of aromatic nitrogens is 1. The van der Waals surface area contributed by atoms with Gasteiger partial charge in [0.15, 0.2) is 0 Å². The second-order valence-electron chi connectivity index (χ2n) is 6.55. The van der Waals surface area contributed by atoms with E-state index in [9.17, 15) is 4.79 Å². The monoisotopic (exact) mass is 307 g/mol. The number of hydrogen-bond donors (Lipinski definition) is 0. The second kappa shape index (κ2) is 5.69. The van der Waals surface area contributed by atoms with E-state index in [2.05, 4.69) is 41.2 Å². The van der Waals surface area contributed by atoms with Gasteiger partial charge in [0.25, 0.3) is 0 Å². The van der Waals surface area contributed by atoms with Gasteiger partial charge in [0.2, 0.25) is 5.91 Å². The fourth-order valence-electron chi connectivity index (χ4n) is 3.81. The number of pyridine rings is 1. The van der Waals surface area contributed by atoms with Crippen LogP contribution in [-0.4, -0.2) is 35.9 Å². The molecule has 4 rings (SSSR count). The summed E-state index contributed by atoms with van der Waals surface area (Å²) in [6.45, 7) is 2.46. The summed E-state index contributed by atoms with van der Waals surface area (Å²) in [5.41, 5.74) is 5.09. The first-order valence-electron chi connectivity index (χ1n) is 8.22. The Balaban J connectivity index is 1.48. The summed E-state index contributed by atoms with van der Waals surface area (Å²) in [5, 5.41) is 0. The summed E-state index contributed by atoms with van der Waals surface area (Å²) in [7, 11) is 2.10. The van der Waals surface area contributed by atoms with Crippen LogP contribution in [0.4, 0.5) is 5.69 Å². The van der Waals surface area contributed by atoms with Gasteiger partial charge in [-0.25, -0.2) is 0 Å². The maximum atomic E-state index is 12.8. The molecule has 0 saturated carbocycles. The Hall–Kier alpha value is -2.36. The highest BCUT2D eigenvalue weighted by Crippen LogP contribution is 2.37. The van der Waals surface area contributed by atoms with Crippen LogP contribution < -0.4 is 4.90 Å². The molecule has 0 radical (unpaired) electrons. The number of benzene rings is 1. The molecule has 0 spiro atoms. The van der Waals surface area contributed by atoms with Gasteiger partial charge in [-0.1, -0.05) is 18.2 Å². The lowest BCUT2D eigenvalue weighted by molar-refractivity contribution is -0.132. The van der Waals surface area contributed by atoms with Gasteiger partial charge in [-0.3, -0.25) is 9.78 Å². The predicted octanol–water partition coefficient (Wildman–Crippen LogP) is 2.59. The molecule has 4 heteroatoms. The number of para-hydroxylation sites is 1. The highest BCUT2D eigenvalue weighted by Gasteiger charge is 2.30. The van der Waals surface area contributed by atoms with Crippen molar-refractivity contribution in [1.29, 1.82) is 0 Å². The molecule has 0 fully saturated rings. The third-order valence-electron chi connectivity index (χ3n) is 5.07. The van der Waals surface area contributed by atoms with Gasteiger partial charge in [-0.15, -0.1) is 0 Å². The van der Waals surface area contributed by atoms with Crippen LogP contribution in [0.25, 0.3) is 0 Å². The Morgan fingerprint density at radius 3 is 3.04 bits per heavy atom. The minimum absolute atomic E-state index is 0.266. The molecule has 1 unspecified atom stereocenters. The average Bonchev–Trinajstić information content (AvgIpc) is 2.91. The van der Waals surface area contributed by atoms with Crippen molar-refractivity contribution >= 4 is 11.6 Å². The molecule has 1 aromatic carbocycles. The Bertz CT molecular complexity index is 743. The minimum atomic E-state index is 0.266. The molecule has 118 valence electrons. The van der Waals surface area contributed by atoms with Crippen LogP contribution >= 0.6 is 0 Å². The third-order valence-corrected chi connectivity index (χ3v) is 5.07. The molecule has 0 N–H and O–H groups in total. The van der Waals surface area contributed by atoms with E-state index in [0.717, 1.165) is 26.1 Å². The molecule has 1 atom stereocenters. The van der Waals surface area contributed by atoms with E-state index in [0.29, 0.717) is 12.3 Å². The minimum Gasteiger partial charge on any atom is -0.374 e. The Morgan fingerprint density at radius 1 is 1.26 bits per heavy atom. The zero-order valence-electron chi connectivity index (χ0n) is 13.4. The number of anilines is 1. The number of fused-ring (bicyclic) bond motifs is 2. The normalized spacial score (nSPS) is 19.4. The zero-order chi connectivity index (χ0) is 15.8. The van der Waals surface area contributed by atoms with E-state index >= 15 is 0 Å². The molecule has 2 aliphatic rings. The van der Waals surface area contributed by atoms with E-state index in [4.69, 9.17) is 0 Å². The van der Waals surface area contributed by atoms with Crippen molar-refractivity contribution in [3.63, 3.8) is 0 Å². The Kier molecular flexibility index (Phi) is 3.52. The lowest BCUT2D eigenvalue weighted by Gasteiger charge is -2.29. The van der Waals surface area contributed by atoms with Crippen LogP contribution in [0.3, 0.4) is 0 Å². The number of rotatable bonds is 2. The second-order valence-corrected chi connectivity index (χ2v) is 6.55. The van der Waals surface area contributed by atoms with E-state index < -0.39 is 0 Å². The largest absolute Gasteiger partial charge is 0.374 e. The standard InChI is InChI=1S/C19H21N3O/c1-21-12-16(17-4-2-3-5-18(17)21)10-19(23)22-9-7-14-11-20-8-6-15(14)13-22/h2-6,8,11,16H,7,9-10,12-13H2,1H3. The van der Waals surface area contributed by atoms with E-state index in [1.807, 2.05) is 23.4 Å². The van der Waals surface area contributed by atoms with Crippen LogP contribution in [-0.2, 0) is 17.8 Å². The van der Waals surface area contributed by atoms with Gasteiger partial charge < -0.3 is 9.80 Å². The fraction of sp³-hybridized carbons (Fsp3) is 0.368. The van der Waals surface area contributed by atoms with Gasteiger partial charge in [0.05, 0.1) is 0 Å². The molecule has 0 bridgehead atoms. The summed E-state index contributed by atoms with van der Waals surface area (Å²) in [4.78, 5) is 21.2. The fourth-order valence-corrected chi connectivity index (χ4v) is 3.81. The zero-order valence-corrected chi connectivity index (χ0v) is 13.4. The third kappa shape index (κ3) is 2.58. The number of likely N-dealkylation sites (N-methyl/N-ethyl adjacent to an activating group) is 1. The number of amides is 1. The van der Waals surface area contributed by atoms with E-state index in [1.54, 1.807) is 0 Å². The van der Waals surface area contributed by atoms with Crippen LogP contribution in [0.15, 0.2) is 42.7 Å². The maximum Gasteiger partial charge on any atom is 0.223 e. The SMILES string of the molecule is CN1CC(CC(=O)N2CCc3cnccc3C2)c2ccccc21. The predicted molar refractivity (Wildman–Crippen MR) is 90.4 cm³/mol. The first-order valence-corrected chi connectivity index (χ1v) is 8.22. The molecule has 1 aromatic heterocycles. The van der Waals surface area contributed by atoms with Crippen LogP contribution in [0.5, 0.6) is 0 Å². The van der Waals surface area contributed by atoms with Crippen LogP contribution in [0.1, 0.15) is 29.0 Å². The lowest BCUT2D eigenvalue weighted by atomic mass is 9.96. The summed E-state index contributed by atoms with van der Waals surface area (Å²) in [6.07, 6.45) is 5.26. The summed E-state index contributed by atoms with van der Waals surface area (Å²) in [5.74, 6) is 0.574. The maximum absolute atomic E-state index is 12.8. The van der Waals surface area contributed by atoms with Gasteiger partial charge >= 0.3 is 0 Å². The topological polar surface area (TPSA) is 36.4 Å². The van der Waals surface area contributed by atoms with Crippen molar-refractivity contribution in [1.82, 2.24) is 9.88 Å². The summed E-state index contributed by atoms with van der Waals surface area (Å²) < 4.78 is 0. The summed E-state index contributed by atoms with van der Waals surface area (Å²) >= 11 is 0. The molecular weight excluding hydrogens is 286 g/mol. The summed E-state index contributed by atoms with van der Waals surface area (Å²) in [6, 6.07) is 10.5. The molecular formula is C19H21N3O. The van der Waals surface area contributed by atoms with Crippen molar-refractivity contribution in [3.8, 4) is 0 Å². The molecule has 0 aliphatic carbocycles. The molecule has 3 heterocycles. The molecule has 2 aliphatic heterocycles. The average molecular weight is 307 g/mol. The van der Waals surface area contributed by atoms with Gasteiger partial charge in [0.1, 0.15) is 0 Å². The van der Waals surface area contributed by atoms with E-state index in [-0.39, 0.29) is 5.91 Å². The molecule has 2 aromatic rings. The Labute approximate surface area is 136 Å². The van der Waals surface area contributed by atoms with Crippen LogP contribution in [0, 0.1) is 0 Å². The lowest BCUT2D eigenvalue weighted by Crippen LogP contribution is -2.37. The van der Waals surface area contributed by atoms with Crippen molar-refractivity contribution in [3.05, 3.63) is 59.4 Å². The number of nitrogens with zero attached hydrogens (tertiary/aromatic N) is 3. The molecule has 1 amide bonds. The Morgan fingerprint density at radius 2 is 2.13 bits per heavy atom. The highest BCUT2D eigenvalue weighted by atomic mass is 16.2. The first-order chi connectivity index (χ1) is 11.2. The van der Waals surface area contributed by atoms with E-state index in [1.165, 1.54) is 22.4 Å². The van der Waals surface area contributed by atoms with Crippen LogP contribution in [0.2, 0.25) is 0 Å². The molecule has 23 heavy (non-hydrogen) atoms. The molecule has 4 nitrogen and oxygen atoms in total. The highest BCUT2D eigenvalue weighted by molar-refractivity contribution is 5.78. The molecule has 0 saturated heterocycles. The van der Waals surface area contributed by atoms with Crippen molar-refractivity contribution in [2.24, 2.45) is 0 Å². The van der Waals surface area contributed by atoms with Crippen molar-refractivity contribution in [2.45, 2.75) is 25.3 Å². The number of carbonyl (C=O) groups is 1. The quantitative estimate of drug-likeness (QED) is 0.855. The van der Waals surface area contributed by atoms with Crippen molar-refractivity contribution < 1.29 is 4.79 Å². The van der Waals surface area contributed by atoms with Gasteiger partial charge in [-0.05, 0) is 35.2 Å². The number of carbonyl (C=O) groups excluding carboxylic acids is 1. The van der Waals surface area contributed by atoms with Gasteiger partial charge in [0, 0.05) is 57.1 Å². The first kappa shape index (κ1) is 14.2. The van der Waals surface area contributed by atoms with Gasteiger partial charge in [-0.2, -0.15) is 0 Å². The smallest absolute Gasteiger partial charge is 0.223 e. The van der Waals surface area contributed by atoms with Crippen molar-refractivity contribution in [2.75, 3.05) is 25.0 Å².